The zero-order chi connectivity index (χ0) is 13.1. The van der Waals surface area contributed by atoms with Gasteiger partial charge >= 0.3 is 0 Å². The van der Waals surface area contributed by atoms with Crippen LogP contribution in [0.5, 0.6) is 0 Å². The van der Waals surface area contributed by atoms with Gasteiger partial charge in [-0.3, -0.25) is 0 Å². The van der Waals surface area contributed by atoms with E-state index in [1.807, 2.05) is 32.0 Å². The first-order valence-corrected chi connectivity index (χ1v) is 6.59. The molecule has 0 spiro atoms. The number of hydrogen-bond donors (Lipinski definition) is 1. The van der Waals surface area contributed by atoms with Gasteiger partial charge in [0.2, 0.25) is 0 Å². The van der Waals surface area contributed by atoms with Crippen LogP contribution in [0.3, 0.4) is 0 Å². The molecule has 0 amide bonds. The first kappa shape index (κ1) is 13.3. The molecule has 2 nitrogen and oxygen atoms in total. The number of rotatable bonds is 4. The lowest BCUT2D eigenvalue weighted by atomic mass is 10.1. The molecule has 0 bridgehead atoms. The number of furan rings is 1. The van der Waals surface area contributed by atoms with Gasteiger partial charge in [-0.25, -0.2) is 4.39 Å². The second-order valence-electron chi connectivity index (χ2n) is 4.28. The van der Waals surface area contributed by atoms with Gasteiger partial charge in [0.15, 0.2) is 0 Å². The van der Waals surface area contributed by atoms with E-state index in [1.54, 1.807) is 6.07 Å². The van der Waals surface area contributed by atoms with Gasteiger partial charge in [0.1, 0.15) is 17.3 Å². The Morgan fingerprint density at radius 3 is 2.72 bits per heavy atom. The summed E-state index contributed by atoms with van der Waals surface area (Å²) >= 11 is 3.25. The quantitative estimate of drug-likeness (QED) is 0.908. The summed E-state index contributed by atoms with van der Waals surface area (Å²) in [6.45, 7) is 4.42. The fourth-order valence-electron chi connectivity index (χ4n) is 1.80. The molecule has 1 unspecified atom stereocenters. The van der Waals surface area contributed by atoms with Crippen LogP contribution in [0.1, 0.15) is 30.0 Å². The van der Waals surface area contributed by atoms with E-state index in [2.05, 4.69) is 21.2 Å². The third-order valence-electron chi connectivity index (χ3n) is 2.81. The van der Waals surface area contributed by atoms with Gasteiger partial charge in [-0.2, -0.15) is 0 Å². The minimum Gasteiger partial charge on any atom is -0.465 e. The van der Waals surface area contributed by atoms with E-state index >= 15 is 0 Å². The lowest BCUT2D eigenvalue weighted by molar-refractivity contribution is 0.438. The van der Waals surface area contributed by atoms with Crippen LogP contribution in [-0.2, 0) is 6.54 Å². The van der Waals surface area contributed by atoms with Crippen molar-refractivity contribution in [3.63, 3.8) is 0 Å². The highest BCUT2D eigenvalue weighted by Crippen LogP contribution is 2.21. The van der Waals surface area contributed by atoms with Crippen molar-refractivity contribution < 1.29 is 8.81 Å². The van der Waals surface area contributed by atoms with E-state index in [-0.39, 0.29) is 11.9 Å². The normalized spacial score (nSPS) is 12.7. The van der Waals surface area contributed by atoms with Crippen molar-refractivity contribution in [2.75, 3.05) is 0 Å². The zero-order valence-electron chi connectivity index (χ0n) is 10.3. The van der Waals surface area contributed by atoms with Gasteiger partial charge in [-0.05, 0) is 38.1 Å². The lowest BCUT2D eigenvalue weighted by Gasteiger charge is -2.14. The van der Waals surface area contributed by atoms with E-state index < -0.39 is 0 Å². The molecule has 0 aliphatic carbocycles. The monoisotopic (exact) mass is 311 g/mol. The Bertz CT molecular complexity index is 538. The Kier molecular flexibility index (Phi) is 4.19. The number of halogens is 2. The summed E-state index contributed by atoms with van der Waals surface area (Å²) in [7, 11) is 0. The van der Waals surface area contributed by atoms with Crippen molar-refractivity contribution in [3.8, 4) is 0 Å². The van der Waals surface area contributed by atoms with E-state index in [0.29, 0.717) is 12.1 Å². The summed E-state index contributed by atoms with van der Waals surface area (Å²) in [6, 6.07) is 8.88. The van der Waals surface area contributed by atoms with E-state index in [0.717, 1.165) is 16.0 Å². The van der Waals surface area contributed by atoms with Gasteiger partial charge in [-0.1, -0.05) is 22.0 Å². The van der Waals surface area contributed by atoms with Crippen LogP contribution in [0.2, 0.25) is 0 Å². The molecule has 2 aromatic rings. The highest BCUT2D eigenvalue weighted by atomic mass is 79.9. The SMILES string of the molecule is Cc1ccc(CNC(C)c2ccc(Br)cc2F)o1. The Morgan fingerprint density at radius 1 is 1.33 bits per heavy atom. The molecule has 1 atom stereocenters. The maximum Gasteiger partial charge on any atom is 0.129 e. The van der Waals surface area contributed by atoms with Gasteiger partial charge in [0.25, 0.3) is 0 Å². The molecule has 0 radical (unpaired) electrons. The van der Waals surface area contributed by atoms with Crippen molar-refractivity contribution in [2.24, 2.45) is 0 Å². The fraction of sp³-hybridized carbons (Fsp3) is 0.286. The molecule has 2 rings (SSSR count). The summed E-state index contributed by atoms with van der Waals surface area (Å²) in [5.41, 5.74) is 0.654. The topological polar surface area (TPSA) is 25.2 Å². The molecule has 0 fully saturated rings. The van der Waals surface area contributed by atoms with Crippen molar-refractivity contribution in [1.82, 2.24) is 5.32 Å². The molecule has 0 aliphatic heterocycles. The number of hydrogen-bond acceptors (Lipinski definition) is 2. The molecule has 1 heterocycles. The van der Waals surface area contributed by atoms with Crippen LogP contribution in [-0.4, -0.2) is 0 Å². The third kappa shape index (κ3) is 3.21. The summed E-state index contributed by atoms with van der Waals surface area (Å²) in [5, 5.41) is 3.24. The maximum absolute atomic E-state index is 13.7. The van der Waals surface area contributed by atoms with E-state index in [9.17, 15) is 4.39 Å². The molecule has 0 saturated heterocycles. The molecule has 18 heavy (non-hydrogen) atoms. The first-order valence-electron chi connectivity index (χ1n) is 5.80. The number of benzene rings is 1. The Balaban J connectivity index is 2.01. The minimum absolute atomic E-state index is 0.0662. The van der Waals surface area contributed by atoms with Crippen LogP contribution < -0.4 is 5.32 Å². The summed E-state index contributed by atoms with van der Waals surface area (Å²) in [4.78, 5) is 0. The fourth-order valence-corrected chi connectivity index (χ4v) is 2.13. The number of nitrogens with one attached hydrogen (secondary N) is 1. The van der Waals surface area contributed by atoms with Crippen LogP contribution in [0, 0.1) is 12.7 Å². The molecular formula is C14H15BrFNO. The molecular weight excluding hydrogens is 297 g/mol. The van der Waals surface area contributed by atoms with E-state index in [1.165, 1.54) is 6.07 Å². The highest BCUT2D eigenvalue weighted by molar-refractivity contribution is 9.10. The molecule has 0 saturated carbocycles. The minimum atomic E-state index is -0.208. The number of aryl methyl sites for hydroxylation is 1. The molecule has 0 aliphatic rings. The lowest BCUT2D eigenvalue weighted by Crippen LogP contribution is -2.18. The van der Waals surface area contributed by atoms with Gasteiger partial charge in [0, 0.05) is 16.1 Å². The molecule has 1 N–H and O–H groups in total. The third-order valence-corrected chi connectivity index (χ3v) is 3.30. The maximum atomic E-state index is 13.7. The van der Waals surface area contributed by atoms with Crippen LogP contribution in [0.25, 0.3) is 0 Å². The molecule has 96 valence electrons. The predicted octanol–water partition coefficient (Wildman–Crippen LogP) is 4.34. The second-order valence-corrected chi connectivity index (χ2v) is 5.20. The van der Waals surface area contributed by atoms with Crippen molar-refractivity contribution in [2.45, 2.75) is 26.4 Å². The Morgan fingerprint density at radius 2 is 2.11 bits per heavy atom. The molecule has 1 aromatic carbocycles. The summed E-state index contributed by atoms with van der Waals surface area (Å²) < 4.78 is 19.9. The van der Waals surface area contributed by atoms with Gasteiger partial charge in [-0.15, -0.1) is 0 Å². The van der Waals surface area contributed by atoms with Crippen molar-refractivity contribution in [3.05, 3.63) is 57.7 Å². The Hall–Kier alpha value is -1.13. The van der Waals surface area contributed by atoms with Gasteiger partial charge in [0.05, 0.1) is 6.54 Å². The highest BCUT2D eigenvalue weighted by Gasteiger charge is 2.11. The second kappa shape index (κ2) is 5.67. The van der Waals surface area contributed by atoms with E-state index in [4.69, 9.17) is 4.42 Å². The molecule has 4 heteroatoms. The largest absolute Gasteiger partial charge is 0.465 e. The standard InChI is InChI=1S/C14H15BrFNO/c1-9-3-5-12(18-9)8-17-10(2)13-6-4-11(15)7-14(13)16/h3-7,10,17H,8H2,1-2H3. The van der Waals surface area contributed by atoms with Gasteiger partial charge < -0.3 is 9.73 Å². The summed E-state index contributed by atoms with van der Waals surface area (Å²) in [5.74, 6) is 1.53. The molecule has 1 aromatic heterocycles. The predicted molar refractivity (Wildman–Crippen MR) is 72.8 cm³/mol. The van der Waals surface area contributed by atoms with Crippen LogP contribution >= 0.6 is 15.9 Å². The first-order chi connectivity index (χ1) is 8.56. The van der Waals surface area contributed by atoms with Crippen molar-refractivity contribution in [1.29, 1.82) is 0 Å². The average Bonchev–Trinajstić information content (AvgIpc) is 2.72. The smallest absolute Gasteiger partial charge is 0.129 e. The van der Waals surface area contributed by atoms with Crippen LogP contribution in [0.15, 0.2) is 39.2 Å². The summed E-state index contributed by atoms with van der Waals surface area (Å²) in [6.07, 6.45) is 0. The van der Waals surface area contributed by atoms with Crippen LogP contribution in [0.4, 0.5) is 4.39 Å². The Labute approximate surface area is 114 Å². The van der Waals surface area contributed by atoms with Crippen molar-refractivity contribution >= 4 is 15.9 Å². The average molecular weight is 312 g/mol. The zero-order valence-corrected chi connectivity index (χ0v) is 11.9.